The fourth-order valence-corrected chi connectivity index (χ4v) is 2.69. The first-order valence-electron chi connectivity index (χ1n) is 6.35. The van der Waals surface area contributed by atoms with Gasteiger partial charge in [0.25, 0.3) is 5.91 Å². The molecule has 1 N–H and O–H groups in total. The van der Waals surface area contributed by atoms with E-state index in [1.54, 1.807) is 30.7 Å². The van der Waals surface area contributed by atoms with Crippen LogP contribution in [0.4, 0.5) is 0 Å². The van der Waals surface area contributed by atoms with Crippen molar-refractivity contribution in [2.24, 2.45) is 0 Å². The van der Waals surface area contributed by atoms with E-state index in [1.165, 1.54) is 0 Å². The van der Waals surface area contributed by atoms with Gasteiger partial charge in [0.1, 0.15) is 0 Å². The summed E-state index contributed by atoms with van der Waals surface area (Å²) in [5.41, 5.74) is 0.569. The molecule has 4 nitrogen and oxygen atoms in total. The molecular formula is C14H15BrClN3O. The Bertz CT molecular complexity index is 552. The zero-order valence-corrected chi connectivity index (χ0v) is 13.2. The Balaban J connectivity index is 1.72. The lowest BCUT2D eigenvalue weighted by Crippen LogP contribution is -2.24. The lowest BCUT2D eigenvalue weighted by atomic mass is 10.2. The number of aryl methyl sites for hydroxylation is 1. The summed E-state index contributed by atoms with van der Waals surface area (Å²) in [5.74, 6) is -0.101. The second-order valence-corrected chi connectivity index (χ2v) is 5.77. The van der Waals surface area contributed by atoms with Gasteiger partial charge in [-0.3, -0.25) is 4.79 Å². The second kappa shape index (κ2) is 7.45. The molecule has 0 radical (unpaired) electrons. The normalized spacial score (nSPS) is 10.5. The van der Waals surface area contributed by atoms with Gasteiger partial charge < -0.3 is 9.88 Å². The molecule has 2 aromatic rings. The van der Waals surface area contributed by atoms with Gasteiger partial charge in [0.15, 0.2) is 0 Å². The van der Waals surface area contributed by atoms with E-state index in [2.05, 4.69) is 26.2 Å². The van der Waals surface area contributed by atoms with Gasteiger partial charge in [-0.25, -0.2) is 4.98 Å². The second-order valence-electron chi connectivity index (χ2n) is 4.42. The Morgan fingerprint density at radius 3 is 2.90 bits per heavy atom. The number of halogens is 2. The molecule has 0 aliphatic rings. The van der Waals surface area contributed by atoms with Crippen molar-refractivity contribution in [2.75, 3.05) is 6.54 Å². The highest BCUT2D eigenvalue weighted by Crippen LogP contribution is 2.19. The van der Waals surface area contributed by atoms with Crippen LogP contribution in [-0.2, 0) is 6.54 Å². The molecule has 0 saturated heterocycles. The van der Waals surface area contributed by atoms with Gasteiger partial charge in [0, 0.05) is 40.5 Å². The van der Waals surface area contributed by atoms with Crippen molar-refractivity contribution < 1.29 is 4.79 Å². The van der Waals surface area contributed by atoms with Crippen molar-refractivity contribution in [1.82, 2.24) is 14.9 Å². The highest BCUT2D eigenvalue weighted by atomic mass is 79.9. The first kappa shape index (κ1) is 15.1. The molecule has 0 atom stereocenters. The summed E-state index contributed by atoms with van der Waals surface area (Å²) in [6.07, 6.45) is 7.41. The van der Waals surface area contributed by atoms with E-state index in [-0.39, 0.29) is 5.91 Å². The van der Waals surface area contributed by atoms with Crippen molar-refractivity contribution >= 4 is 33.4 Å². The zero-order chi connectivity index (χ0) is 14.4. The van der Waals surface area contributed by atoms with Crippen molar-refractivity contribution in [3.05, 3.63) is 52.0 Å². The van der Waals surface area contributed by atoms with E-state index in [0.29, 0.717) is 17.1 Å². The SMILES string of the molecule is O=C(NCCCCn1ccnc1)c1cc(Cl)cc(Br)c1. The number of amides is 1. The van der Waals surface area contributed by atoms with Crippen LogP contribution in [0.25, 0.3) is 0 Å². The number of unbranched alkanes of at least 4 members (excludes halogenated alkanes) is 1. The number of nitrogens with zero attached hydrogens (tertiary/aromatic N) is 2. The van der Waals surface area contributed by atoms with Gasteiger partial charge in [-0.05, 0) is 31.0 Å². The van der Waals surface area contributed by atoms with Crippen LogP contribution in [0.5, 0.6) is 0 Å². The predicted octanol–water partition coefficient (Wildman–Crippen LogP) is 3.51. The lowest BCUT2D eigenvalue weighted by molar-refractivity contribution is 0.0953. The maximum Gasteiger partial charge on any atom is 0.251 e. The van der Waals surface area contributed by atoms with Gasteiger partial charge in [-0.2, -0.15) is 0 Å². The van der Waals surface area contributed by atoms with Crippen LogP contribution < -0.4 is 5.32 Å². The van der Waals surface area contributed by atoms with Gasteiger partial charge in [0.05, 0.1) is 6.33 Å². The van der Waals surface area contributed by atoms with Crippen LogP contribution >= 0.6 is 27.5 Å². The number of aromatic nitrogens is 2. The van der Waals surface area contributed by atoms with Gasteiger partial charge in [-0.15, -0.1) is 0 Å². The smallest absolute Gasteiger partial charge is 0.251 e. The number of imidazole rings is 1. The summed E-state index contributed by atoms with van der Waals surface area (Å²) in [5, 5.41) is 3.44. The average Bonchev–Trinajstić information content (AvgIpc) is 2.90. The lowest BCUT2D eigenvalue weighted by Gasteiger charge is -2.06. The van der Waals surface area contributed by atoms with Crippen molar-refractivity contribution in [3.8, 4) is 0 Å². The van der Waals surface area contributed by atoms with E-state index in [4.69, 9.17) is 11.6 Å². The Labute approximate surface area is 131 Å². The fraction of sp³-hybridized carbons (Fsp3) is 0.286. The molecule has 1 aromatic carbocycles. The van der Waals surface area contributed by atoms with Gasteiger partial charge in [0.2, 0.25) is 0 Å². The van der Waals surface area contributed by atoms with Crippen LogP contribution in [0.3, 0.4) is 0 Å². The molecule has 0 bridgehead atoms. The van der Waals surface area contributed by atoms with Gasteiger partial charge in [-0.1, -0.05) is 27.5 Å². The molecule has 2 rings (SSSR count). The molecule has 6 heteroatoms. The van der Waals surface area contributed by atoms with Crippen LogP contribution in [0.15, 0.2) is 41.4 Å². The van der Waals surface area contributed by atoms with Crippen LogP contribution in [0.2, 0.25) is 5.02 Å². The Morgan fingerprint density at radius 2 is 2.20 bits per heavy atom. The fourth-order valence-electron chi connectivity index (χ4n) is 1.83. The predicted molar refractivity (Wildman–Crippen MR) is 82.9 cm³/mol. The summed E-state index contributed by atoms with van der Waals surface area (Å²) in [7, 11) is 0. The minimum absolute atomic E-state index is 0.101. The summed E-state index contributed by atoms with van der Waals surface area (Å²) < 4.78 is 2.82. The van der Waals surface area contributed by atoms with E-state index in [1.807, 2.05) is 10.8 Å². The monoisotopic (exact) mass is 355 g/mol. The van der Waals surface area contributed by atoms with E-state index in [9.17, 15) is 4.79 Å². The quantitative estimate of drug-likeness (QED) is 0.805. The van der Waals surface area contributed by atoms with Crippen LogP contribution in [-0.4, -0.2) is 22.0 Å². The molecular weight excluding hydrogens is 342 g/mol. The number of rotatable bonds is 6. The average molecular weight is 357 g/mol. The molecule has 20 heavy (non-hydrogen) atoms. The Hall–Kier alpha value is -1.33. The summed E-state index contributed by atoms with van der Waals surface area (Å²) in [6.45, 7) is 1.57. The molecule has 0 fully saturated rings. The minimum Gasteiger partial charge on any atom is -0.352 e. The number of carbonyl (C=O) groups excluding carboxylic acids is 1. The summed E-state index contributed by atoms with van der Waals surface area (Å²) in [4.78, 5) is 15.9. The number of benzene rings is 1. The van der Waals surface area contributed by atoms with Crippen molar-refractivity contribution in [2.45, 2.75) is 19.4 Å². The topological polar surface area (TPSA) is 46.9 Å². The number of hydrogen-bond donors (Lipinski definition) is 1. The number of hydrogen-bond acceptors (Lipinski definition) is 2. The maximum absolute atomic E-state index is 11.9. The van der Waals surface area contributed by atoms with E-state index < -0.39 is 0 Å². The maximum atomic E-state index is 11.9. The first-order chi connectivity index (χ1) is 9.65. The highest BCUT2D eigenvalue weighted by molar-refractivity contribution is 9.10. The number of carbonyl (C=O) groups is 1. The third-order valence-electron chi connectivity index (χ3n) is 2.81. The molecule has 1 heterocycles. The Kier molecular flexibility index (Phi) is 5.61. The molecule has 0 spiro atoms. The third kappa shape index (κ3) is 4.65. The largest absolute Gasteiger partial charge is 0.352 e. The molecule has 106 valence electrons. The number of nitrogens with one attached hydrogen (secondary N) is 1. The van der Waals surface area contributed by atoms with E-state index in [0.717, 1.165) is 23.9 Å². The summed E-state index contributed by atoms with van der Waals surface area (Å²) in [6, 6.07) is 5.17. The molecule has 0 saturated carbocycles. The van der Waals surface area contributed by atoms with Crippen LogP contribution in [0, 0.1) is 0 Å². The van der Waals surface area contributed by atoms with Gasteiger partial charge >= 0.3 is 0 Å². The first-order valence-corrected chi connectivity index (χ1v) is 7.52. The highest BCUT2D eigenvalue weighted by Gasteiger charge is 2.06. The standard InChI is InChI=1S/C14H15BrClN3O/c15-12-7-11(8-13(16)9-12)14(20)18-3-1-2-5-19-6-4-17-10-19/h4,6-10H,1-3,5H2,(H,18,20). The van der Waals surface area contributed by atoms with Crippen molar-refractivity contribution in [1.29, 1.82) is 0 Å². The molecule has 1 amide bonds. The zero-order valence-electron chi connectivity index (χ0n) is 10.9. The Morgan fingerprint density at radius 1 is 1.35 bits per heavy atom. The molecule has 0 aliphatic heterocycles. The van der Waals surface area contributed by atoms with E-state index >= 15 is 0 Å². The third-order valence-corrected chi connectivity index (χ3v) is 3.49. The molecule has 0 unspecified atom stereocenters. The summed E-state index contributed by atoms with van der Waals surface area (Å²) >= 11 is 9.24. The van der Waals surface area contributed by atoms with Crippen LogP contribution in [0.1, 0.15) is 23.2 Å². The molecule has 1 aromatic heterocycles. The molecule has 0 aliphatic carbocycles. The van der Waals surface area contributed by atoms with Crippen molar-refractivity contribution in [3.63, 3.8) is 0 Å². The minimum atomic E-state index is -0.101.